The first-order valence-corrected chi connectivity index (χ1v) is 9.08. The van der Waals surface area contributed by atoms with E-state index in [1.54, 1.807) is 24.3 Å². The Morgan fingerprint density at radius 1 is 1.14 bits per heavy atom. The van der Waals surface area contributed by atoms with Crippen LogP contribution in [0.4, 0.5) is 17.1 Å². The third-order valence-corrected chi connectivity index (χ3v) is 4.00. The van der Waals surface area contributed by atoms with Crippen LogP contribution in [-0.4, -0.2) is 37.1 Å². The van der Waals surface area contributed by atoms with Gasteiger partial charge in [0.05, 0.1) is 29.4 Å². The van der Waals surface area contributed by atoms with E-state index in [0.29, 0.717) is 11.3 Å². The van der Waals surface area contributed by atoms with Crippen molar-refractivity contribution in [2.24, 2.45) is 0 Å². The van der Waals surface area contributed by atoms with Gasteiger partial charge in [0.2, 0.25) is 0 Å². The van der Waals surface area contributed by atoms with Crippen molar-refractivity contribution in [2.75, 3.05) is 30.9 Å². The average molecular weight is 401 g/mol. The largest absolute Gasteiger partial charge is 0.494 e. The zero-order valence-corrected chi connectivity index (χ0v) is 16.3. The Hall–Kier alpha value is -3.62. The number of nitro groups is 1. The molecule has 2 N–H and O–H groups in total. The molecule has 0 spiro atoms. The molecule has 9 nitrogen and oxygen atoms in total. The molecule has 9 heteroatoms. The van der Waals surface area contributed by atoms with Crippen LogP contribution in [0.15, 0.2) is 42.5 Å². The van der Waals surface area contributed by atoms with E-state index in [2.05, 4.69) is 17.6 Å². The summed E-state index contributed by atoms with van der Waals surface area (Å²) in [5, 5.41) is 16.5. The molecule has 29 heavy (non-hydrogen) atoms. The summed E-state index contributed by atoms with van der Waals surface area (Å²) in [6.45, 7) is 2.28. The van der Waals surface area contributed by atoms with Gasteiger partial charge in [-0.1, -0.05) is 25.5 Å². The lowest BCUT2D eigenvalue weighted by Gasteiger charge is -2.12. The molecule has 0 aliphatic rings. The number of non-ortho nitro benzene ring substituents is 1. The van der Waals surface area contributed by atoms with E-state index in [1.807, 2.05) is 0 Å². The highest BCUT2D eigenvalue weighted by molar-refractivity contribution is 5.99. The number of nitrogens with zero attached hydrogens (tertiary/aromatic N) is 1. The van der Waals surface area contributed by atoms with Gasteiger partial charge in [-0.2, -0.15) is 0 Å². The number of rotatable bonds is 10. The van der Waals surface area contributed by atoms with Crippen molar-refractivity contribution in [1.82, 2.24) is 0 Å². The van der Waals surface area contributed by atoms with E-state index in [-0.39, 0.29) is 17.1 Å². The van der Waals surface area contributed by atoms with Crippen molar-refractivity contribution < 1.29 is 24.0 Å². The third-order valence-electron chi connectivity index (χ3n) is 4.00. The smallest absolute Gasteiger partial charge is 0.340 e. The maximum atomic E-state index is 12.4. The van der Waals surface area contributed by atoms with Gasteiger partial charge in [-0.15, -0.1) is 0 Å². The number of benzene rings is 2. The molecular formula is C20H23N3O6. The van der Waals surface area contributed by atoms with Crippen molar-refractivity contribution in [2.45, 2.75) is 19.8 Å². The molecule has 0 heterocycles. The van der Waals surface area contributed by atoms with Gasteiger partial charge >= 0.3 is 5.97 Å². The Labute approximate surface area is 168 Å². The summed E-state index contributed by atoms with van der Waals surface area (Å²) < 4.78 is 10.2. The molecule has 1 amide bonds. The van der Waals surface area contributed by atoms with Crippen molar-refractivity contribution in [3.8, 4) is 5.75 Å². The number of hydrogen-bond acceptors (Lipinski definition) is 7. The molecule has 0 radical (unpaired) electrons. The lowest BCUT2D eigenvalue weighted by atomic mass is 10.1. The Balaban J connectivity index is 1.98. The molecule has 0 aromatic heterocycles. The molecule has 0 saturated carbocycles. The van der Waals surface area contributed by atoms with Crippen molar-refractivity contribution in [3.05, 3.63) is 58.1 Å². The fourth-order valence-corrected chi connectivity index (χ4v) is 2.51. The first kappa shape index (κ1) is 21.7. The summed E-state index contributed by atoms with van der Waals surface area (Å²) in [5.41, 5.74) is 1.05. The zero-order chi connectivity index (χ0) is 21.2. The zero-order valence-electron chi connectivity index (χ0n) is 16.3. The molecule has 0 fully saturated rings. The predicted octanol–water partition coefficient (Wildman–Crippen LogP) is 3.61. The summed E-state index contributed by atoms with van der Waals surface area (Å²) in [7, 11) is 1.33. The topological polar surface area (TPSA) is 120 Å². The molecular weight excluding hydrogens is 378 g/mol. The van der Waals surface area contributed by atoms with Gasteiger partial charge in [0.25, 0.3) is 11.6 Å². The molecule has 0 aliphatic carbocycles. The second-order valence-corrected chi connectivity index (χ2v) is 6.09. The lowest BCUT2D eigenvalue weighted by molar-refractivity contribution is -0.384. The van der Waals surface area contributed by atoms with Crippen molar-refractivity contribution in [3.63, 3.8) is 0 Å². The van der Waals surface area contributed by atoms with Gasteiger partial charge in [-0.3, -0.25) is 14.9 Å². The van der Waals surface area contributed by atoms with Crippen molar-refractivity contribution >= 4 is 28.9 Å². The summed E-state index contributed by atoms with van der Waals surface area (Å²) in [6.07, 6.45) is 1.98. The van der Waals surface area contributed by atoms with Crippen LogP contribution in [0.3, 0.4) is 0 Å². The SMILES string of the molecule is CCCCNc1ccccc1C(=O)OCC(=O)Nc1ccc([N+](=O)[O-])cc1OC. The number of carbonyl (C=O) groups excluding carboxylic acids is 2. The number of anilines is 2. The number of esters is 1. The number of nitro benzene ring substituents is 1. The molecule has 0 atom stereocenters. The lowest BCUT2D eigenvalue weighted by Crippen LogP contribution is -2.21. The van der Waals surface area contributed by atoms with Crippen LogP contribution in [0.5, 0.6) is 5.75 Å². The van der Waals surface area contributed by atoms with Crippen LogP contribution in [0, 0.1) is 10.1 Å². The van der Waals surface area contributed by atoms with Crippen LogP contribution in [0.2, 0.25) is 0 Å². The highest BCUT2D eigenvalue weighted by atomic mass is 16.6. The van der Waals surface area contributed by atoms with Crippen LogP contribution < -0.4 is 15.4 Å². The van der Waals surface area contributed by atoms with E-state index in [1.165, 1.54) is 25.3 Å². The number of nitrogens with one attached hydrogen (secondary N) is 2. The second-order valence-electron chi connectivity index (χ2n) is 6.09. The minimum Gasteiger partial charge on any atom is -0.494 e. The van der Waals surface area contributed by atoms with Gasteiger partial charge in [0, 0.05) is 18.3 Å². The highest BCUT2D eigenvalue weighted by Crippen LogP contribution is 2.29. The number of amides is 1. The summed E-state index contributed by atoms with van der Waals surface area (Å²) in [6, 6.07) is 10.7. The fourth-order valence-electron chi connectivity index (χ4n) is 2.51. The number of para-hydroxylation sites is 1. The number of unbranched alkanes of at least 4 members (excludes halogenated alkanes) is 1. The Bertz CT molecular complexity index is 884. The maximum absolute atomic E-state index is 12.4. The van der Waals surface area contributed by atoms with Gasteiger partial charge in [0.1, 0.15) is 5.75 Å². The van der Waals surface area contributed by atoms with Gasteiger partial charge in [0.15, 0.2) is 6.61 Å². The third kappa shape index (κ3) is 6.20. The standard InChI is InChI=1S/C20H23N3O6/c1-3-4-11-21-16-8-6-5-7-15(16)20(25)29-13-19(24)22-17-10-9-14(23(26)27)12-18(17)28-2/h5-10,12,21H,3-4,11,13H2,1-2H3,(H,22,24). The summed E-state index contributed by atoms with van der Waals surface area (Å²) >= 11 is 0. The minimum atomic E-state index is -0.629. The van der Waals surface area contributed by atoms with E-state index >= 15 is 0 Å². The molecule has 154 valence electrons. The first-order valence-electron chi connectivity index (χ1n) is 9.08. The van der Waals surface area contributed by atoms with Gasteiger partial charge in [-0.25, -0.2) is 4.79 Å². The fraction of sp³-hybridized carbons (Fsp3) is 0.300. The molecule has 2 aromatic rings. The highest BCUT2D eigenvalue weighted by Gasteiger charge is 2.16. The van der Waals surface area contributed by atoms with Gasteiger partial charge in [-0.05, 0) is 24.6 Å². The van der Waals surface area contributed by atoms with Crippen molar-refractivity contribution in [1.29, 1.82) is 0 Å². The predicted molar refractivity (Wildman–Crippen MR) is 108 cm³/mol. The molecule has 0 unspecified atom stereocenters. The van der Waals surface area contributed by atoms with Gasteiger partial charge < -0.3 is 20.1 Å². The Morgan fingerprint density at radius 2 is 1.90 bits per heavy atom. The van der Waals surface area contributed by atoms with Crippen LogP contribution >= 0.6 is 0 Å². The average Bonchev–Trinajstić information content (AvgIpc) is 2.72. The normalized spacial score (nSPS) is 10.1. The second kappa shape index (κ2) is 10.6. The van der Waals surface area contributed by atoms with E-state index in [9.17, 15) is 19.7 Å². The number of ether oxygens (including phenoxy) is 2. The summed E-state index contributed by atoms with van der Waals surface area (Å²) in [4.78, 5) is 34.8. The minimum absolute atomic E-state index is 0.129. The molecule has 0 aliphatic heterocycles. The van der Waals surface area contributed by atoms with E-state index < -0.39 is 23.4 Å². The van der Waals surface area contributed by atoms with E-state index in [0.717, 1.165) is 19.4 Å². The maximum Gasteiger partial charge on any atom is 0.340 e. The van der Waals surface area contributed by atoms with Crippen LogP contribution in [0.1, 0.15) is 30.1 Å². The van der Waals surface area contributed by atoms with E-state index in [4.69, 9.17) is 9.47 Å². The van der Waals surface area contributed by atoms with Crippen LogP contribution in [0.25, 0.3) is 0 Å². The van der Waals surface area contributed by atoms with Crippen LogP contribution in [-0.2, 0) is 9.53 Å². The first-order chi connectivity index (χ1) is 14.0. The number of carbonyl (C=O) groups is 2. The molecule has 2 aromatic carbocycles. The molecule has 2 rings (SSSR count). The summed E-state index contributed by atoms with van der Waals surface area (Å²) in [5.74, 6) is -1.10. The Kier molecular flexibility index (Phi) is 7.96. The number of methoxy groups -OCH3 is 1. The molecule has 0 bridgehead atoms. The molecule has 0 saturated heterocycles. The monoisotopic (exact) mass is 401 g/mol. The number of hydrogen-bond donors (Lipinski definition) is 2. The Morgan fingerprint density at radius 3 is 2.59 bits per heavy atom. The quantitative estimate of drug-likeness (QED) is 0.270.